The zero-order valence-corrected chi connectivity index (χ0v) is 19.8. The fourth-order valence-corrected chi connectivity index (χ4v) is 4.94. The Bertz CT molecular complexity index is 1280. The number of methoxy groups -OCH3 is 2. The van der Waals surface area contributed by atoms with Crippen LogP contribution in [0.4, 0.5) is 11.9 Å². The van der Waals surface area contributed by atoms with Crippen molar-refractivity contribution in [1.29, 1.82) is 0 Å². The summed E-state index contributed by atoms with van der Waals surface area (Å²) in [6, 6.07) is 13.8. The number of aromatic nitrogens is 3. The van der Waals surface area contributed by atoms with Crippen LogP contribution in [0, 0.1) is 0 Å². The lowest BCUT2D eigenvalue weighted by Gasteiger charge is -2.35. The van der Waals surface area contributed by atoms with Gasteiger partial charge in [0.1, 0.15) is 6.04 Å². The predicted molar refractivity (Wildman–Crippen MR) is 130 cm³/mol. The highest BCUT2D eigenvalue weighted by Gasteiger charge is 2.39. The molecule has 3 aromatic rings. The fraction of sp³-hybridized carbons (Fsp3) is 0.346. The van der Waals surface area contributed by atoms with Gasteiger partial charge in [-0.2, -0.15) is 4.98 Å². The largest absolute Gasteiger partial charge is 0.493 e. The average Bonchev–Trinajstić information content (AvgIpc) is 3.21. The number of carbonyl (C=O) groups excluding carboxylic acids is 1. The van der Waals surface area contributed by atoms with Crippen molar-refractivity contribution in [2.24, 2.45) is 0 Å². The Hall–Kier alpha value is -3.81. The lowest BCUT2D eigenvalue weighted by molar-refractivity contribution is -0.116. The van der Waals surface area contributed by atoms with Crippen molar-refractivity contribution >= 4 is 17.7 Å². The van der Waals surface area contributed by atoms with Crippen LogP contribution in [0.3, 0.4) is 0 Å². The number of hydrogen-bond donors (Lipinski definition) is 2. The molecule has 2 heterocycles. The van der Waals surface area contributed by atoms with Gasteiger partial charge in [0.05, 0.1) is 14.2 Å². The van der Waals surface area contributed by atoms with E-state index in [0.717, 1.165) is 22.4 Å². The van der Waals surface area contributed by atoms with Crippen LogP contribution in [0.25, 0.3) is 0 Å². The summed E-state index contributed by atoms with van der Waals surface area (Å²) in [6.07, 6.45) is 1.07. The number of carbonyl (C=O) groups is 1. The number of fused-ring (bicyclic) bond motifs is 1. The third-order valence-corrected chi connectivity index (χ3v) is 6.73. The van der Waals surface area contributed by atoms with Crippen LogP contribution in [0.15, 0.2) is 53.7 Å². The van der Waals surface area contributed by atoms with Crippen LogP contribution in [-0.2, 0) is 4.79 Å². The minimum atomic E-state index is -0.365. The quantitative estimate of drug-likeness (QED) is 0.582. The summed E-state index contributed by atoms with van der Waals surface area (Å²) in [5.41, 5.74) is 10.8. The van der Waals surface area contributed by atoms with Crippen LogP contribution in [0.1, 0.15) is 61.3 Å². The van der Waals surface area contributed by atoms with Crippen LogP contribution in [-0.4, -0.2) is 34.8 Å². The molecule has 5 rings (SSSR count). The molecule has 0 fully saturated rings. The monoisotopic (exact) mass is 459 g/mol. The normalized spacial score (nSPS) is 19.5. The second kappa shape index (κ2) is 8.52. The van der Waals surface area contributed by atoms with Crippen molar-refractivity contribution in [2.75, 3.05) is 25.3 Å². The molecule has 0 spiro atoms. The van der Waals surface area contributed by atoms with Crippen molar-refractivity contribution < 1.29 is 14.3 Å². The molecule has 1 aliphatic carbocycles. The average molecular weight is 460 g/mol. The first-order chi connectivity index (χ1) is 16.4. The molecule has 1 aliphatic heterocycles. The second-order valence-corrected chi connectivity index (χ2v) is 9.12. The van der Waals surface area contributed by atoms with Gasteiger partial charge in [0.2, 0.25) is 11.9 Å². The van der Waals surface area contributed by atoms with E-state index in [9.17, 15) is 4.79 Å². The number of rotatable bonds is 5. The van der Waals surface area contributed by atoms with Crippen molar-refractivity contribution in [2.45, 2.75) is 44.6 Å². The SMILES string of the molecule is COc1ccc([C@H]2CC(=O)C3=C(C2)Nc2nc(N)nn2[C@H]3c2ccc(C(C)C)cc2)cc1OC. The van der Waals surface area contributed by atoms with E-state index in [2.05, 4.69) is 53.5 Å². The zero-order chi connectivity index (χ0) is 24.0. The Morgan fingerprint density at radius 3 is 2.41 bits per heavy atom. The summed E-state index contributed by atoms with van der Waals surface area (Å²) in [5.74, 6) is 2.57. The summed E-state index contributed by atoms with van der Waals surface area (Å²) in [7, 11) is 3.23. The van der Waals surface area contributed by atoms with E-state index in [1.54, 1.807) is 18.9 Å². The second-order valence-electron chi connectivity index (χ2n) is 9.12. The minimum Gasteiger partial charge on any atom is -0.493 e. The molecule has 2 aromatic carbocycles. The molecule has 1 aromatic heterocycles. The lowest BCUT2D eigenvalue weighted by atomic mass is 9.77. The van der Waals surface area contributed by atoms with E-state index in [4.69, 9.17) is 15.2 Å². The number of ether oxygens (including phenoxy) is 2. The van der Waals surface area contributed by atoms with Gasteiger partial charge in [-0.15, -0.1) is 5.10 Å². The molecular weight excluding hydrogens is 430 g/mol. The van der Waals surface area contributed by atoms with Crippen LogP contribution < -0.4 is 20.5 Å². The number of Topliss-reactive ketones (excluding diaryl/α,β-unsaturated/α-hetero) is 1. The number of nitrogens with zero attached hydrogens (tertiary/aromatic N) is 3. The Morgan fingerprint density at radius 2 is 1.74 bits per heavy atom. The standard InChI is InChI=1S/C26H29N5O3/c1-14(2)15-5-7-16(8-6-15)24-23-19(28-26-29-25(27)30-31(24)26)11-18(12-20(23)32)17-9-10-21(33-3)22(13-17)34-4/h5-10,13-14,18,24H,11-12H2,1-4H3,(H3,27,28,29,30)/t18-,24+/m1/s1. The Kier molecular flexibility index (Phi) is 5.51. The van der Waals surface area contributed by atoms with Crippen LogP contribution in [0.2, 0.25) is 0 Å². The topological polar surface area (TPSA) is 104 Å². The number of anilines is 2. The highest BCUT2D eigenvalue weighted by Crippen LogP contribution is 2.45. The van der Waals surface area contributed by atoms with Gasteiger partial charge >= 0.3 is 0 Å². The first kappa shape index (κ1) is 22.0. The first-order valence-electron chi connectivity index (χ1n) is 11.5. The molecule has 8 nitrogen and oxygen atoms in total. The summed E-state index contributed by atoms with van der Waals surface area (Å²) < 4.78 is 12.6. The molecule has 2 aliphatic rings. The summed E-state index contributed by atoms with van der Waals surface area (Å²) in [4.78, 5) is 18.0. The Labute approximate surface area is 198 Å². The lowest BCUT2D eigenvalue weighted by Crippen LogP contribution is -2.33. The smallest absolute Gasteiger partial charge is 0.241 e. The molecule has 0 saturated heterocycles. The summed E-state index contributed by atoms with van der Waals surface area (Å²) in [5, 5.41) is 7.76. The van der Waals surface area contributed by atoms with Gasteiger partial charge in [0.15, 0.2) is 17.3 Å². The van der Waals surface area contributed by atoms with Crippen molar-refractivity contribution in [1.82, 2.24) is 14.8 Å². The molecule has 2 atom stereocenters. The van der Waals surface area contributed by atoms with Gasteiger partial charge in [0, 0.05) is 17.7 Å². The molecule has 0 radical (unpaired) electrons. The Balaban J connectivity index is 1.55. The third-order valence-electron chi connectivity index (χ3n) is 6.73. The maximum Gasteiger partial charge on any atom is 0.241 e. The number of nitrogens with one attached hydrogen (secondary N) is 1. The van der Waals surface area contributed by atoms with Crippen LogP contribution in [0.5, 0.6) is 11.5 Å². The van der Waals surface area contributed by atoms with E-state index < -0.39 is 0 Å². The highest BCUT2D eigenvalue weighted by atomic mass is 16.5. The van der Waals surface area contributed by atoms with Gasteiger partial charge in [-0.1, -0.05) is 44.2 Å². The van der Waals surface area contributed by atoms with E-state index in [0.29, 0.717) is 36.2 Å². The van der Waals surface area contributed by atoms with E-state index in [1.165, 1.54) is 5.56 Å². The van der Waals surface area contributed by atoms with Gasteiger partial charge in [-0.05, 0) is 47.1 Å². The van der Waals surface area contributed by atoms with Crippen molar-refractivity contribution in [3.63, 3.8) is 0 Å². The summed E-state index contributed by atoms with van der Waals surface area (Å²) >= 11 is 0. The molecule has 0 unspecified atom stereocenters. The molecule has 0 bridgehead atoms. The van der Waals surface area contributed by atoms with Crippen molar-refractivity contribution in [3.05, 3.63) is 70.4 Å². The molecule has 34 heavy (non-hydrogen) atoms. The van der Waals surface area contributed by atoms with E-state index in [1.807, 2.05) is 18.2 Å². The number of ketones is 1. The van der Waals surface area contributed by atoms with E-state index >= 15 is 0 Å². The maximum atomic E-state index is 13.6. The predicted octanol–water partition coefficient (Wildman–Crippen LogP) is 4.42. The number of nitrogen functional groups attached to an aromatic ring is 1. The molecular formula is C26H29N5O3. The van der Waals surface area contributed by atoms with E-state index in [-0.39, 0.29) is 23.7 Å². The third kappa shape index (κ3) is 3.69. The molecule has 8 heteroatoms. The van der Waals surface area contributed by atoms with Gasteiger partial charge in [-0.25, -0.2) is 4.68 Å². The molecule has 176 valence electrons. The highest BCUT2D eigenvalue weighted by molar-refractivity contribution is 6.00. The minimum absolute atomic E-state index is 0.00865. The molecule has 0 saturated carbocycles. The summed E-state index contributed by atoms with van der Waals surface area (Å²) in [6.45, 7) is 4.32. The first-order valence-corrected chi connectivity index (χ1v) is 11.5. The zero-order valence-electron chi connectivity index (χ0n) is 19.8. The van der Waals surface area contributed by atoms with Gasteiger partial charge in [0.25, 0.3) is 0 Å². The maximum absolute atomic E-state index is 13.6. The molecule has 3 N–H and O–H groups in total. The number of hydrogen-bond acceptors (Lipinski definition) is 7. The van der Waals surface area contributed by atoms with Gasteiger partial charge < -0.3 is 20.5 Å². The number of benzene rings is 2. The van der Waals surface area contributed by atoms with Crippen molar-refractivity contribution in [3.8, 4) is 11.5 Å². The fourth-order valence-electron chi connectivity index (χ4n) is 4.94. The van der Waals surface area contributed by atoms with Crippen LogP contribution >= 0.6 is 0 Å². The number of allylic oxidation sites excluding steroid dienone is 2. The Morgan fingerprint density at radius 1 is 1.03 bits per heavy atom. The number of nitrogens with two attached hydrogens (primary N) is 1. The van der Waals surface area contributed by atoms with Gasteiger partial charge in [-0.3, -0.25) is 4.79 Å². The molecule has 0 amide bonds.